The van der Waals surface area contributed by atoms with Gasteiger partial charge in [-0.15, -0.1) is 0 Å². The van der Waals surface area contributed by atoms with E-state index < -0.39 is 23.8 Å². The molecule has 0 aromatic heterocycles. The Balaban J connectivity index is 2.44. The minimum absolute atomic E-state index is 0.0917. The zero-order valence-electron chi connectivity index (χ0n) is 16.2. The average molecular weight is 437 g/mol. The molecule has 1 unspecified atom stereocenters. The van der Waals surface area contributed by atoms with Crippen LogP contribution in [0.15, 0.2) is 48.5 Å². The molecule has 0 bridgehead atoms. The van der Waals surface area contributed by atoms with Crippen molar-refractivity contribution in [2.24, 2.45) is 5.92 Å². The molecule has 154 valence electrons. The molecule has 0 heterocycles. The van der Waals surface area contributed by atoms with Gasteiger partial charge in [-0.05, 0) is 55.8 Å². The number of hydrogen-bond acceptors (Lipinski definition) is 5. The Hall–Kier alpha value is -2.37. The number of ketones is 1. The molecule has 1 atom stereocenters. The summed E-state index contributed by atoms with van der Waals surface area (Å²) in [6.07, 6.45) is -0.0917. The van der Waals surface area contributed by atoms with Crippen LogP contribution in [0.3, 0.4) is 0 Å². The quantitative estimate of drug-likeness (QED) is 0.311. The van der Waals surface area contributed by atoms with Crippen LogP contribution < -0.4 is 0 Å². The van der Waals surface area contributed by atoms with E-state index in [0.717, 1.165) is 0 Å². The summed E-state index contributed by atoms with van der Waals surface area (Å²) in [5.41, 5.74) is 1.04. The average Bonchev–Trinajstić information content (AvgIpc) is 2.69. The summed E-state index contributed by atoms with van der Waals surface area (Å²) in [7, 11) is 0. The molecule has 0 saturated carbocycles. The molecule has 0 aliphatic heterocycles. The van der Waals surface area contributed by atoms with Gasteiger partial charge in [0.15, 0.2) is 11.7 Å². The van der Waals surface area contributed by atoms with Gasteiger partial charge in [0.2, 0.25) is 0 Å². The van der Waals surface area contributed by atoms with Crippen LogP contribution in [0.4, 0.5) is 0 Å². The molecule has 2 aromatic rings. The molecule has 0 amide bonds. The van der Waals surface area contributed by atoms with Gasteiger partial charge < -0.3 is 9.47 Å². The molecule has 0 N–H and O–H groups in total. The molecule has 0 fully saturated rings. The zero-order chi connectivity index (χ0) is 21.4. The molecular weight excluding hydrogens is 415 g/mol. The molecule has 0 spiro atoms. The van der Waals surface area contributed by atoms with Crippen LogP contribution in [0, 0.1) is 5.92 Å². The molecule has 0 aliphatic carbocycles. The molecule has 0 aliphatic rings. The van der Waals surface area contributed by atoms with Crippen LogP contribution in [0.2, 0.25) is 10.0 Å². The van der Waals surface area contributed by atoms with Crippen molar-refractivity contribution < 1.29 is 23.9 Å². The van der Waals surface area contributed by atoms with Gasteiger partial charge in [-0.2, -0.15) is 0 Å². The fraction of sp³-hybridized carbons (Fsp3) is 0.318. The Kier molecular flexibility index (Phi) is 8.68. The lowest BCUT2D eigenvalue weighted by Crippen LogP contribution is -2.34. The van der Waals surface area contributed by atoms with E-state index in [-0.39, 0.29) is 25.4 Å². The van der Waals surface area contributed by atoms with E-state index >= 15 is 0 Å². The maximum absolute atomic E-state index is 12.9. The highest BCUT2D eigenvalue weighted by molar-refractivity contribution is 6.30. The molecule has 2 rings (SSSR count). The lowest BCUT2D eigenvalue weighted by Gasteiger charge is -2.24. The van der Waals surface area contributed by atoms with Crippen LogP contribution >= 0.6 is 23.2 Å². The topological polar surface area (TPSA) is 69.7 Å². The molecule has 29 heavy (non-hydrogen) atoms. The predicted molar refractivity (Wildman–Crippen MR) is 111 cm³/mol. The number of benzene rings is 2. The van der Waals surface area contributed by atoms with Gasteiger partial charge >= 0.3 is 11.9 Å². The number of hydrogen-bond donors (Lipinski definition) is 0. The van der Waals surface area contributed by atoms with E-state index in [1.54, 1.807) is 62.4 Å². The van der Waals surface area contributed by atoms with Crippen molar-refractivity contribution in [1.29, 1.82) is 0 Å². The highest BCUT2D eigenvalue weighted by Crippen LogP contribution is 2.33. The van der Waals surface area contributed by atoms with Crippen molar-refractivity contribution in [2.45, 2.75) is 26.2 Å². The number of ether oxygens (including phenoxy) is 2. The second kappa shape index (κ2) is 11.0. The van der Waals surface area contributed by atoms with Crippen LogP contribution in [-0.4, -0.2) is 30.9 Å². The Morgan fingerprint density at radius 2 is 1.24 bits per heavy atom. The molecular formula is C22H22Cl2O5. The van der Waals surface area contributed by atoms with Crippen LogP contribution in [-0.2, 0) is 19.1 Å². The Morgan fingerprint density at radius 3 is 1.69 bits per heavy atom. The standard InChI is InChI=1S/C22H22Cl2O5/c1-3-28-21(26)20(22(27)29-4-2)18(14-5-9-16(23)10-6-14)13-19(25)15-7-11-17(24)12-8-15/h5-12,18,20H,3-4,13H2,1-2H3. The molecule has 0 radical (unpaired) electrons. The number of Topliss-reactive ketones (excluding diaryl/α,β-unsaturated/α-hetero) is 1. The van der Waals surface area contributed by atoms with Crippen molar-refractivity contribution >= 4 is 40.9 Å². The third-order valence-corrected chi connectivity index (χ3v) is 4.86. The Morgan fingerprint density at radius 1 is 0.793 bits per heavy atom. The van der Waals surface area contributed by atoms with Gasteiger partial charge in [0.05, 0.1) is 13.2 Å². The first-order chi connectivity index (χ1) is 13.9. The summed E-state index contributed by atoms with van der Waals surface area (Å²) < 4.78 is 10.2. The number of carbonyl (C=O) groups is 3. The summed E-state index contributed by atoms with van der Waals surface area (Å²) in [5.74, 6) is -3.73. The van der Waals surface area contributed by atoms with Crippen LogP contribution in [0.5, 0.6) is 0 Å². The molecule has 7 heteroatoms. The van der Waals surface area contributed by atoms with Crippen LogP contribution in [0.25, 0.3) is 0 Å². The van der Waals surface area contributed by atoms with E-state index in [0.29, 0.717) is 21.2 Å². The Labute approximate surface area is 179 Å². The highest BCUT2D eigenvalue weighted by atomic mass is 35.5. The van der Waals surface area contributed by atoms with Crippen molar-refractivity contribution in [3.63, 3.8) is 0 Å². The first kappa shape index (κ1) is 22.9. The van der Waals surface area contributed by atoms with E-state index in [4.69, 9.17) is 32.7 Å². The zero-order valence-corrected chi connectivity index (χ0v) is 17.7. The lowest BCUT2D eigenvalue weighted by molar-refractivity contribution is -0.162. The van der Waals surface area contributed by atoms with Gasteiger partial charge in [-0.1, -0.05) is 35.3 Å². The summed E-state index contributed by atoms with van der Waals surface area (Å²) in [6.45, 7) is 3.51. The number of rotatable bonds is 9. The van der Waals surface area contributed by atoms with E-state index in [2.05, 4.69) is 0 Å². The fourth-order valence-electron chi connectivity index (χ4n) is 2.98. The van der Waals surface area contributed by atoms with Crippen LogP contribution in [0.1, 0.15) is 42.1 Å². The van der Waals surface area contributed by atoms with Crippen molar-refractivity contribution in [3.8, 4) is 0 Å². The van der Waals surface area contributed by atoms with Gasteiger partial charge in [-0.25, -0.2) is 0 Å². The van der Waals surface area contributed by atoms with Gasteiger partial charge in [0, 0.05) is 27.9 Å². The first-order valence-electron chi connectivity index (χ1n) is 9.24. The van der Waals surface area contributed by atoms with Crippen molar-refractivity contribution in [2.75, 3.05) is 13.2 Å². The third kappa shape index (κ3) is 6.31. The predicted octanol–water partition coefficient (Wildman–Crippen LogP) is 5.09. The maximum Gasteiger partial charge on any atom is 0.320 e. The smallest absolute Gasteiger partial charge is 0.320 e. The number of halogens is 2. The number of esters is 2. The SMILES string of the molecule is CCOC(=O)C(C(=O)OCC)C(CC(=O)c1ccc(Cl)cc1)c1ccc(Cl)cc1. The maximum atomic E-state index is 12.9. The second-order valence-electron chi connectivity index (χ2n) is 6.27. The second-order valence-corrected chi connectivity index (χ2v) is 7.15. The van der Waals surface area contributed by atoms with E-state index in [9.17, 15) is 14.4 Å². The number of carbonyl (C=O) groups excluding carboxylic acids is 3. The van der Waals surface area contributed by atoms with E-state index in [1.807, 2.05) is 0 Å². The minimum Gasteiger partial charge on any atom is -0.465 e. The van der Waals surface area contributed by atoms with E-state index in [1.165, 1.54) is 0 Å². The van der Waals surface area contributed by atoms with Gasteiger partial charge in [-0.3, -0.25) is 14.4 Å². The third-order valence-electron chi connectivity index (χ3n) is 4.35. The summed E-state index contributed by atoms with van der Waals surface area (Å²) in [4.78, 5) is 38.2. The van der Waals surface area contributed by atoms with Gasteiger partial charge in [0.1, 0.15) is 0 Å². The summed E-state index contributed by atoms with van der Waals surface area (Å²) in [6, 6.07) is 13.1. The highest BCUT2D eigenvalue weighted by Gasteiger charge is 2.39. The summed E-state index contributed by atoms with van der Waals surface area (Å²) >= 11 is 11.9. The lowest BCUT2D eigenvalue weighted by atomic mass is 9.81. The largest absolute Gasteiger partial charge is 0.465 e. The molecule has 2 aromatic carbocycles. The molecule has 0 saturated heterocycles. The Bertz CT molecular complexity index is 829. The normalized spacial score (nSPS) is 11.8. The molecule has 5 nitrogen and oxygen atoms in total. The monoisotopic (exact) mass is 436 g/mol. The summed E-state index contributed by atoms with van der Waals surface area (Å²) in [5, 5.41) is 1.01. The fourth-order valence-corrected chi connectivity index (χ4v) is 3.23. The van der Waals surface area contributed by atoms with Crippen molar-refractivity contribution in [1.82, 2.24) is 0 Å². The van der Waals surface area contributed by atoms with Crippen molar-refractivity contribution in [3.05, 3.63) is 69.7 Å². The van der Waals surface area contributed by atoms with Gasteiger partial charge in [0.25, 0.3) is 0 Å². The minimum atomic E-state index is -1.27. The first-order valence-corrected chi connectivity index (χ1v) is 10.00.